The Kier molecular flexibility index (Phi) is 4.63. The molecule has 2 rings (SSSR count). The van der Waals surface area contributed by atoms with Gasteiger partial charge in [-0.3, -0.25) is 9.40 Å². The predicted octanol–water partition coefficient (Wildman–Crippen LogP) is 2.47. The van der Waals surface area contributed by atoms with Gasteiger partial charge in [-0.05, 0) is 18.2 Å². The highest BCUT2D eigenvalue weighted by molar-refractivity contribution is 7.92. The number of benzene rings is 1. The minimum atomic E-state index is -4.02. The third kappa shape index (κ3) is 3.72. The fourth-order valence-electron chi connectivity index (χ4n) is 1.66. The van der Waals surface area contributed by atoms with E-state index in [-0.39, 0.29) is 21.2 Å². The molecule has 2 aromatic rings. The van der Waals surface area contributed by atoms with Crippen molar-refractivity contribution >= 4 is 27.3 Å². The average molecular weight is 347 g/mol. The molecule has 0 aliphatic rings. The maximum atomic E-state index is 12.2. The molecule has 0 aliphatic carbocycles. The Balaban J connectivity index is 2.24. The fraction of sp³-hybridized carbons (Fsp3) is 0.167. The number of halogens is 3. The highest BCUT2D eigenvalue weighted by atomic mass is 35.5. The van der Waals surface area contributed by atoms with Gasteiger partial charge in [0, 0.05) is 6.20 Å². The second-order valence-corrected chi connectivity index (χ2v) is 6.26. The molecule has 1 aromatic heterocycles. The van der Waals surface area contributed by atoms with Crippen molar-refractivity contribution in [3.8, 4) is 6.07 Å². The maximum absolute atomic E-state index is 12.2. The first-order valence-electron chi connectivity index (χ1n) is 5.85. The number of rotatable bonds is 5. The molecule has 1 N–H and O–H groups in total. The van der Waals surface area contributed by atoms with Crippen LogP contribution in [0.15, 0.2) is 35.5 Å². The van der Waals surface area contributed by atoms with Crippen LogP contribution in [0.2, 0.25) is 5.02 Å². The molecule has 0 radical (unpaired) electrons. The first-order chi connectivity index (χ1) is 10.3. The molecule has 0 amide bonds. The van der Waals surface area contributed by atoms with Crippen LogP contribution in [0.25, 0.3) is 0 Å². The van der Waals surface area contributed by atoms with Crippen molar-refractivity contribution in [1.29, 1.82) is 5.26 Å². The van der Waals surface area contributed by atoms with Gasteiger partial charge in [-0.1, -0.05) is 11.6 Å². The third-order valence-electron chi connectivity index (χ3n) is 2.56. The lowest BCUT2D eigenvalue weighted by Gasteiger charge is -2.07. The molecule has 0 unspecified atom stereocenters. The van der Waals surface area contributed by atoms with Crippen LogP contribution in [-0.4, -0.2) is 24.6 Å². The van der Waals surface area contributed by atoms with E-state index in [1.807, 2.05) is 6.07 Å². The molecule has 6 nitrogen and oxygen atoms in total. The van der Waals surface area contributed by atoms with Crippen molar-refractivity contribution in [2.75, 3.05) is 4.72 Å². The van der Waals surface area contributed by atoms with Crippen molar-refractivity contribution in [3.63, 3.8) is 0 Å². The summed E-state index contributed by atoms with van der Waals surface area (Å²) in [6.45, 7) is -0.640. The Bertz CT molecular complexity index is 830. The van der Waals surface area contributed by atoms with Gasteiger partial charge in [-0.15, -0.1) is 0 Å². The Morgan fingerprint density at radius 3 is 2.77 bits per heavy atom. The van der Waals surface area contributed by atoms with Gasteiger partial charge < -0.3 is 0 Å². The van der Waals surface area contributed by atoms with Gasteiger partial charge in [-0.25, -0.2) is 17.2 Å². The van der Waals surface area contributed by atoms with Crippen molar-refractivity contribution in [2.24, 2.45) is 0 Å². The van der Waals surface area contributed by atoms with Crippen molar-refractivity contribution in [3.05, 3.63) is 41.2 Å². The number of sulfonamides is 1. The molecule has 1 aromatic carbocycles. The van der Waals surface area contributed by atoms with Crippen LogP contribution in [0.3, 0.4) is 0 Å². The number of hydrogen-bond donors (Lipinski definition) is 1. The van der Waals surface area contributed by atoms with Crippen molar-refractivity contribution < 1.29 is 17.2 Å². The highest BCUT2D eigenvalue weighted by Gasteiger charge is 2.19. The SMILES string of the molecule is N#Cc1ccc(S(=O)(=O)Nc2cnn(CC(F)F)c2)c(Cl)c1. The minimum absolute atomic E-state index is 0.0288. The van der Waals surface area contributed by atoms with Crippen molar-refractivity contribution in [2.45, 2.75) is 17.9 Å². The summed E-state index contributed by atoms with van der Waals surface area (Å²) >= 11 is 5.84. The van der Waals surface area contributed by atoms with Crippen LogP contribution >= 0.6 is 11.6 Å². The van der Waals surface area contributed by atoms with Crippen LogP contribution < -0.4 is 4.72 Å². The number of alkyl halides is 2. The molecular weight excluding hydrogens is 338 g/mol. The monoisotopic (exact) mass is 346 g/mol. The van der Waals surface area contributed by atoms with E-state index in [1.165, 1.54) is 18.2 Å². The molecule has 116 valence electrons. The first-order valence-corrected chi connectivity index (χ1v) is 7.71. The summed E-state index contributed by atoms with van der Waals surface area (Å²) in [5.41, 5.74) is 0.245. The molecule has 22 heavy (non-hydrogen) atoms. The van der Waals surface area contributed by atoms with Gasteiger partial charge in [0.15, 0.2) is 0 Å². The summed E-state index contributed by atoms with van der Waals surface area (Å²) in [5.74, 6) is 0. The number of hydrogen-bond acceptors (Lipinski definition) is 4. The highest BCUT2D eigenvalue weighted by Crippen LogP contribution is 2.24. The quantitative estimate of drug-likeness (QED) is 0.900. The lowest BCUT2D eigenvalue weighted by molar-refractivity contribution is 0.122. The normalized spacial score (nSPS) is 11.4. The van der Waals surface area contributed by atoms with Crippen LogP contribution in [0.4, 0.5) is 14.5 Å². The second kappa shape index (κ2) is 6.29. The Hall–Kier alpha value is -2.18. The number of anilines is 1. The Labute approximate surface area is 130 Å². The molecule has 0 fully saturated rings. The topological polar surface area (TPSA) is 87.8 Å². The second-order valence-electron chi connectivity index (χ2n) is 4.20. The zero-order valence-corrected chi connectivity index (χ0v) is 12.4. The molecule has 0 spiro atoms. The molecule has 0 saturated heterocycles. The Morgan fingerprint density at radius 1 is 1.45 bits per heavy atom. The summed E-state index contributed by atoms with van der Waals surface area (Å²) < 4.78 is 51.9. The fourth-order valence-corrected chi connectivity index (χ4v) is 3.23. The van der Waals surface area contributed by atoms with E-state index < -0.39 is 23.0 Å². The molecule has 0 saturated carbocycles. The van der Waals surface area contributed by atoms with Gasteiger partial charge in [0.05, 0.1) is 28.5 Å². The van der Waals surface area contributed by atoms with Gasteiger partial charge in [0.25, 0.3) is 16.4 Å². The van der Waals surface area contributed by atoms with E-state index in [2.05, 4.69) is 9.82 Å². The van der Waals surface area contributed by atoms with Crippen LogP contribution in [0.1, 0.15) is 5.56 Å². The van der Waals surface area contributed by atoms with E-state index in [9.17, 15) is 17.2 Å². The number of nitriles is 1. The minimum Gasteiger partial charge on any atom is -0.276 e. The zero-order chi connectivity index (χ0) is 16.3. The van der Waals surface area contributed by atoms with Crippen LogP contribution in [0.5, 0.6) is 0 Å². The van der Waals surface area contributed by atoms with Crippen LogP contribution in [-0.2, 0) is 16.6 Å². The van der Waals surface area contributed by atoms with E-state index in [0.29, 0.717) is 0 Å². The number of aromatic nitrogens is 2. The molecule has 0 atom stereocenters. The molecular formula is C12H9ClF2N4O2S. The molecule has 1 heterocycles. The Morgan fingerprint density at radius 2 is 2.18 bits per heavy atom. The first kappa shape index (κ1) is 16.2. The largest absolute Gasteiger partial charge is 0.276 e. The third-order valence-corrected chi connectivity index (χ3v) is 4.43. The smallest absolute Gasteiger partial charge is 0.263 e. The van der Waals surface area contributed by atoms with Gasteiger partial charge >= 0.3 is 0 Å². The standard InChI is InChI=1S/C12H9ClF2N4O2S/c13-10-3-8(4-16)1-2-11(10)22(20,21)18-9-5-17-19(6-9)7-12(14)15/h1-3,5-6,12,18H,7H2. The van der Waals surface area contributed by atoms with Gasteiger partial charge in [-0.2, -0.15) is 10.4 Å². The number of nitrogens with one attached hydrogen (secondary N) is 1. The van der Waals surface area contributed by atoms with Crippen LogP contribution in [0, 0.1) is 11.3 Å². The van der Waals surface area contributed by atoms with E-state index >= 15 is 0 Å². The lowest BCUT2D eigenvalue weighted by atomic mass is 10.2. The summed E-state index contributed by atoms with van der Waals surface area (Å²) in [7, 11) is -4.02. The summed E-state index contributed by atoms with van der Waals surface area (Å²) in [6, 6.07) is 5.55. The summed E-state index contributed by atoms with van der Waals surface area (Å²) in [6.07, 6.45) is -0.351. The average Bonchev–Trinajstić information content (AvgIpc) is 2.83. The summed E-state index contributed by atoms with van der Waals surface area (Å²) in [4.78, 5) is -0.227. The van der Waals surface area contributed by atoms with Gasteiger partial charge in [0.2, 0.25) is 0 Å². The molecule has 10 heteroatoms. The lowest BCUT2D eigenvalue weighted by Crippen LogP contribution is -2.13. The maximum Gasteiger partial charge on any atom is 0.263 e. The van der Waals surface area contributed by atoms with E-state index in [1.54, 1.807) is 0 Å². The zero-order valence-electron chi connectivity index (χ0n) is 10.9. The number of nitrogens with zero attached hydrogens (tertiary/aromatic N) is 3. The van der Waals surface area contributed by atoms with Crippen molar-refractivity contribution in [1.82, 2.24) is 9.78 Å². The van der Waals surface area contributed by atoms with E-state index in [4.69, 9.17) is 16.9 Å². The summed E-state index contributed by atoms with van der Waals surface area (Å²) in [5, 5.41) is 12.2. The predicted molar refractivity (Wildman–Crippen MR) is 75.2 cm³/mol. The molecule has 0 aliphatic heterocycles. The van der Waals surface area contributed by atoms with E-state index in [0.717, 1.165) is 17.1 Å². The molecule has 0 bridgehead atoms. The van der Waals surface area contributed by atoms with Gasteiger partial charge in [0.1, 0.15) is 11.4 Å².